The minimum atomic E-state index is -1.16. The topological polar surface area (TPSA) is 84.9 Å². The summed E-state index contributed by atoms with van der Waals surface area (Å²) in [4.78, 5) is 23.3. The van der Waals surface area contributed by atoms with E-state index in [-0.39, 0.29) is 28.6 Å². The van der Waals surface area contributed by atoms with E-state index in [0.717, 1.165) is 11.1 Å². The van der Waals surface area contributed by atoms with Crippen LogP contribution in [0.3, 0.4) is 0 Å². The third kappa shape index (κ3) is 4.87. The van der Waals surface area contributed by atoms with Crippen molar-refractivity contribution >= 4 is 29.2 Å². The summed E-state index contributed by atoms with van der Waals surface area (Å²) in [7, 11) is 1.38. The van der Waals surface area contributed by atoms with Crippen molar-refractivity contribution in [2.45, 2.75) is 13.8 Å². The molecule has 0 bridgehead atoms. The zero-order valence-corrected chi connectivity index (χ0v) is 14.8. The summed E-state index contributed by atoms with van der Waals surface area (Å²) in [5.74, 6) is -0.856. The van der Waals surface area contributed by atoms with Crippen molar-refractivity contribution < 1.29 is 24.2 Å². The first kappa shape index (κ1) is 18.6. The molecule has 2 N–H and O–H groups in total. The molecule has 0 spiro atoms. The van der Waals surface area contributed by atoms with Crippen molar-refractivity contribution in [1.82, 2.24) is 0 Å². The molecule has 0 aromatic heterocycles. The van der Waals surface area contributed by atoms with Crippen molar-refractivity contribution in [3.8, 4) is 11.5 Å². The third-order valence-corrected chi connectivity index (χ3v) is 3.61. The van der Waals surface area contributed by atoms with Gasteiger partial charge in [-0.15, -0.1) is 0 Å². The van der Waals surface area contributed by atoms with Gasteiger partial charge in [0.05, 0.1) is 23.4 Å². The zero-order valence-electron chi connectivity index (χ0n) is 14.1. The Morgan fingerprint density at radius 2 is 1.76 bits per heavy atom. The zero-order chi connectivity index (χ0) is 18.6. The number of nitrogens with one attached hydrogen (secondary N) is 1. The van der Waals surface area contributed by atoms with Gasteiger partial charge in [0, 0.05) is 0 Å². The summed E-state index contributed by atoms with van der Waals surface area (Å²) in [5.41, 5.74) is 2.16. The lowest BCUT2D eigenvalue weighted by molar-refractivity contribution is -0.118. The Bertz CT molecular complexity index is 799. The van der Waals surface area contributed by atoms with Crippen LogP contribution in [0.1, 0.15) is 21.5 Å². The van der Waals surface area contributed by atoms with Gasteiger partial charge in [0.2, 0.25) is 0 Å². The monoisotopic (exact) mass is 363 g/mol. The number of carbonyl (C=O) groups excluding carboxylic acids is 1. The molecule has 2 aromatic carbocycles. The summed E-state index contributed by atoms with van der Waals surface area (Å²) < 4.78 is 10.6. The second kappa shape index (κ2) is 7.90. The summed E-state index contributed by atoms with van der Waals surface area (Å²) in [5, 5.41) is 11.7. The highest BCUT2D eigenvalue weighted by Crippen LogP contribution is 2.34. The van der Waals surface area contributed by atoms with Crippen molar-refractivity contribution in [2.24, 2.45) is 0 Å². The Balaban J connectivity index is 2.13. The predicted molar refractivity (Wildman–Crippen MR) is 95.0 cm³/mol. The summed E-state index contributed by atoms with van der Waals surface area (Å²) in [6.45, 7) is 3.63. The molecule has 0 aliphatic carbocycles. The molecule has 0 atom stereocenters. The summed E-state index contributed by atoms with van der Waals surface area (Å²) in [6.07, 6.45) is 0. The number of halogens is 1. The second-order valence-electron chi connectivity index (χ2n) is 5.50. The Morgan fingerprint density at radius 3 is 2.32 bits per heavy atom. The SMILES string of the molecule is COc1c(Cl)cc(C(=O)O)cc1NC(=O)COc1cc(C)cc(C)c1. The molecule has 1 amide bonds. The number of amides is 1. The molecule has 2 rings (SSSR count). The van der Waals surface area contributed by atoms with Crippen molar-refractivity contribution in [1.29, 1.82) is 0 Å². The molecule has 6 nitrogen and oxygen atoms in total. The van der Waals surface area contributed by atoms with Crippen LogP contribution in [0.4, 0.5) is 5.69 Å². The van der Waals surface area contributed by atoms with E-state index in [0.29, 0.717) is 5.75 Å². The van der Waals surface area contributed by atoms with Crippen LogP contribution >= 0.6 is 11.6 Å². The van der Waals surface area contributed by atoms with E-state index < -0.39 is 11.9 Å². The van der Waals surface area contributed by atoms with Crippen molar-refractivity contribution in [3.63, 3.8) is 0 Å². The lowest BCUT2D eigenvalue weighted by atomic mass is 10.1. The smallest absolute Gasteiger partial charge is 0.335 e. The van der Waals surface area contributed by atoms with Crippen LogP contribution in [0, 0.1) is 13.8 Å². The first-order valence-electron chi connectivity index (χ1n) is 7.42. The van der Waals surface area contributed by atoms with Gasteiger partial charge < -0.3 is 19.9 Å². The fourth-order valence-corrected chi connectivity index (χ4v) is 2.67. The molecule has 0 aliphatic heterocycles. The minimum absolute atomic E-state index is 0.0590. The molecule has 0 saturated heterocycles. The molecular formula is C18H18ClNO5. The molecule has 2 aromatic rings. The van der Waals surface area contributed by atoms with Gasteiger partial charge >= 0.3 is 5.97 Å². The number of anilines is 1. The second-order valence-corrected chi connectivity index (χ2v) is 5.91. The number of rotatable bonds is 6. The van der Waals surface area contributed by atoms with Gasteiger partial charge in [-0.3, -0.25) is 4.79 Å². The van der Waals surface area contributed by atoms with Gasteiger partial charge in [-0.1, -0.05) is 17.7 Å². The maximum Gasteiger partial charge on any atom is 0.335 e. The molecule has 0 heterocycles. The Hall–Kier alpha value is -2.73. The van der Waals surface area contributed by atoms with Crippen LogP contribution in [0.15, 0.2) is 30.3 Å². The fraction of sp³-hybridized carbons (Fsp3) is 0.222. The van der Waals surface area contributed by atoms with Gasteiger partial charge in [0.15, 0.2) is 12.4 Å². The Labute approximate surface area is 150 Å². The standard InChI is InChI=1S/C18H18ClNO5/c1-10-4-11(2)6-13(5-10)25-9-16(21)20-15-8-12(18(22)23)7-14(19)17(15)24-3/h4-8H,9H2,1-3H3,(H,20,21)(H,22,23). The van der Waals surface area contributed by atoms with Crippen LogP contribution in [-0.2, 0) is 4.79 Å². The van der Waals surface area contributed by atoms with Gasteiger partial charge in [-0.25, -0.2) is 4.79 Å². The lowest BCUT2D eigenvalue weighted by Gasteiger charge is -2.13. The van der Waals surface area contributed by atoms with Crippen LogP contribution in [-0.4, -0.2) is 30.7 Å². The van der Waals surface area contributed by atoms with E-state index in [4.69, 9.17) is 26.2 Å². The highest BCUT2D eigenvalue weighted by Gasteiger charge is 2.16. The van der Waals surface area contributed by atoms with Gasteiger partial charge in [0.1, 0.15) is 5.75 Å². The van der Waals surface area contributed by atoms with E-state index in [1.54, 1.807) is 0 Å². The average molecular weight is 364 g/mol. The number of aryl methyl sites for hydroxylation is 2. The Kier molecular flexibility index (Phi) is 5.88. The largest absolute Gasteiger partial charge is 0.493 e. The maximum atomic E-state index is 12.1. The number of carboxylic acid groups (broad SMARTS) is 1. The molecule has 0 radical (unpaired) electrons. The molecule has 0 aliphatic rings. The van der Waals surface area contributed by atoms with E-state index in [1.807, 2.05) is 32.0 Å². The minimum Gasteiger partial charge on any atom is -0.493 e. The number of benzene rings is 2. The molecule has 0 fully saturated rings. The number of methoxy groups -OCH3 is 1. The summed E-state index contributed by atoms with van der Waals surface area (Å²) in [6, 6.07) is 8.18. The molecule has 25 heavy (non-hydrogen) atoms. The first-order chi connectivity index (χ1) is 11.8. The lowest BCUT2D eigenvalue weighted by Crippen LogP contribution is -2.21. The number of hydrogen-bond donors (Lipinski definition) is 2. The van der Waals surface area contributed by atoms with Crippen LogP contribution in [0.2, 0.25) is 5.02 Å². The number of aromatic carboxylic acids is 1. The molecular weight excluding hydrogens is 346 g/mol. The van der Waals surface area contributed by atoms with E-state index >= 15 is 0 Å². The molecule has 132 valence electrons. The van der Waals surface area contributed by atoms with Gasteiger partial charge in [-0.05, 0) is 49.2 Å². The van der Waals surface area contributed by atoms with Crippen molar-refractivity contribution in [3.05, 3.63) is 52.0 Å². The first-order valence-corrected chi connectivity index (χ1v) is 7.79. The quantitative estimate of drug-likeness (QED) is 0.817. The Morgan fingerprint density at radius 1 is 1.12 bits per heavy atom. The van der Waals surface area contributed by atoms with Gasteiger partial charge in [-0.2, -0.15) is 0 Å². The van der Waals surface area contributed by atoms with E-state index in [2.05, 4.69) is 5.32 Å². The molecule has 7 heteroatoms. The fourth-order valence-electron chi connectivity index (χ4n) is 2.37. The number of carboxylic acids is 1. The van der Waals surface area contributed by atoms with E-state index in [9.17, 15) is 9.59 Å². The van der Waals surface area contributed by atoms with Gasteiger partial charge in [0.25, 0.3) is 5.91 Å². The summed E-state index contributed by atoms with van der Waals surface area (Å²) >= 11 is 6.00. The number of carbonyl (C=O) groups is 2. The highest BCUT2D eigenvalue weighted by molar-refractivity contribution is 6.33. The highest BCUT2D eigenvalue weighted by atomic mass is 35.5. The third-order valence-electron chi connectivity index (χ3n) is 3.33. The molecule has 0 unspecified atom stereocenters. The van der Waals surface area contributed by atoms with Crippen LogP contribution in [0.5, 0.6) is 11.5 Å². The predicted octanol–water partition coefficient (Wildman–Crippen LogP) is 3.68. The number of hydrogen-bond acceptors (Lipinski definition) is 4. The molecule has 0 saturated carbocycles. The number of ether oxygens (including phenoxy) is 2. The average Bonchev–Trinajstić information content (AvgIpc) is 2.51. The van der Waals surface area contributed by atoms with Crippen molar-refractivity contribution in [2.75, 3.05) is 19.0 Å². The van der Waals surface area contributed by atoms with Crippen LogP contribution in [0.25, 0.3) is 0 Å². The van der Waals surface area contributed by atoms with Crippen LogP contribution < -0.4 is 14.8 Å². The maximum absolute atomic E-state index is 12.1. The van der Waals surface area contributed by atoms with E-state index in [1.165, 1.54) is 19.2 Å². The normalized spacial score (nSPS) is 10.2.